The number of ether oxygens (including phenoxy) is 2. The highest BCUT2D eigenvalue weighted by atomic mass is 16.6. The molecule has 154 valence electrons. The van der Waals surface area contributed by atoms with E-state index in [0.717, 1.165) is 5.75 Å². The molecule has 2 aromatic rings. The van der Waals surface area contributed by atoms with Crippen molar-refractivity contribution in [2.24, 2.45) is 0 Å². The molecule has 29 heavy (non-hydrogen) atoms. The zero-order chi connectivity index (χ0) is 21.1. The second-order valence-corrected chi connectivity index (χ2v) is 5.91. The third kappa shape index (κ3) is 7.49. The fourth-order valence-corrected chi connectivity index (χ4v) is 2.37. The highest BCUT2D eigenvalue weighted by Gasteiger charge is 2.09. The van der Waals surface area contributed by atoms with Crippen molar-refractivity contribution >= 4 is 17.5 Å². The molecule has 0 atom stereocenters. The lowest BCUT2D eigenvalue weighted by atomic mass is 10.2. The molecule has 2 amide bonds. The van der Waals surface area contributed by atoms with Crippen LogP contribution in [0.5, 0.6) is 11.5 Å². The Morgan fingerprint density at radius 1 is 0.931 bits per heavy atom. The molecule has 0 heterocycles. The number of non-ortho nitro benzene ring substituents is 1. The van der Waals surface area contributed by atoms with Crippen LogP contribution in [0.4, 0.5) is 5.69 Å². The summed E-state index contributed by atoms with van der Waals surface area (Å²) in [6, 6.07) is 12.5. The first-order chi connectivity index (χ1) is 14.0. The van der Waals surface area contributed by atoms with Crippen molar-refractivity contribution in [2.75, 3.05) is 26.3 Å². The predicted octanol–water partition coefficient (Wildman–Crippen LogP) is 2.31. The number of nitrogens with zero attached hydrogens (tertiary/aromatic N) is 1. The summed E-state index contributed by atoms with van der Waals surface area (Å²) >= 11 is 0. The largest absolute Gasteiger partial charge is 0.494 e. The van der Waals surface area contributed by atoms with E-state index < -0.39 is 10.8 Å². The number of hydrogen-bond donors (Lipinski definition) is 2. The van der Waals surface area contributed by atoms with E-state index >= 15 is 0 Å². The van der Waals surface area contributed by atoms with Crippen LogP contribution in [0.25, 0.3) is 0 Å². The highest BCUT2D eigenvalue weighted by Crippen LogP contribution is 2.17. The van der Waals surface area contributed by atoms with Gasteiger partial charge >= 0.3 is 0 Å². The van der Waals surface area contributed by atoms with Crippen LogP contribution in [0.2, 0.25) is 0 Å². The summed E-state index contributed by atoms with van der Waals surface area (Å²) in [4.78, 5) is 33.8. The number of nitro groups is 1. The monoisotopic (exact) mass is 401 g/mol. The Bertz CT molecular complexity index is 821. The predicted molar refractivity (Wildman–Crippen MR) is 106 cm³/mol. The van der Waals surface area contributed by atoms with E-state index in [4.69, 9.17) is 9.47 Å². The van der Waals surface area contributed by atoms with Crippen molar-refractivity contribution in [3.63, 3.8) is 0 Å². The van der Waals surface area contributed by atoms with E-state index in [2.05, 4.69) is 10.6 Å². The van der Waals surface area contributed by atoms with Crippen molar-refractivity contribution < 1.29 is 24.0 Å². The molecule has 0 fully saturated rings. The van der Waals surface area contributed by atoms with Gasteiger partial charge in [0.05, 0.1) is 18.1 Å². The zero-order valence-electron chi connectivity index (χ0n) is 16.1. The van der Waals surface area contributed by atoms with Gasteiger partial charge < -0.3 is 20.1 Å². The van der Waals surface area contributed by atoms with E-state index in [0.29, 0.717) is 31.1 Å². The molecule has 2 aromatic carbocycles. The molecule has 2 rings (SSSR count). The smallest absolute Gasteiger partial charge is 0.269 e. The van der Waals surface area contributed by atoms with Crippen LogP contribution in [-0.2, 0) is 4.79 Å². The SMILES string of the molecule is CCOc1ccc(OCCNC(=O)CCNC(=O)c2ccc([N+](=O)[O-])cc2)cc1. The maximum atomic E-state index is 11.9. The summed E-state index contributed by atoms with van der Waals surface area (Å²) in [6.07, 6.45) is 0.113. The van der Waals surface area contributed by atoms with Gasteiger partial charge in [0, 0.05) is 30.7 Å². The molecule has 0 aliphatic rings. The van der Waals surface area contributed by atoms with E-state index in [1.54, 1.807) is 12.1 Å². The molecule has 0 spiro atoms. The van der Waals surface area contributed by atoms with Crippen LogP contribution >= 0.6 is 0 Å². The van der Waals surface area contributed by atoms with Crippen LogP contribution in [0.1, 0.15) is 23.7 Å². The van der Waals surface area contributed by atoms with Gasteiger partial charge in [-0.05, 0) is 43.3 Å². The molecule has 0 saturated carbocycles. The van der Waals surface area contributed by atoms with Crippen molar-refractivity contribution in [1.29, 1.82) is 0 Å². The Balaban J connectivity index is 1.60. The average molecular weight is 401 g/mol. The van der Waals surface area contributed by atoms with Crippen molar-refractivity contribution in [2.45, 2.75) is 13.3 Å². The number of carbonyl (C=O) groups is 2. The highest BCUT2D eigenvalue weighted by molar-refractivity contribution is 5.94. The number of hydrogen-bond acceptors (Lipinski definition) is 6. The van der Waals surface area contributed by atoms with E-state index in [1.807, 2.05) is 19.1 Å². The topological polar surface area (TPSA) is 120 Å². The van der Waals surface area contributed by atoms with Gasteiger partial charge in [0.1, 0.15) is 18.1 Å². The molecule has 0 aliphatic carbocycles. The molecule has 2 N–H and O–H groups in total. The number of amides is 2. The third-order valence-electron chi connectivity index (χ3n) is 3.81. The lowest BCUT2D eigenvalue weighted by molar-refractivity contribution is -0.384. The molecule has 0 bridgehead atoms. The first-order valence-corrected chi connectivity index (χ1v) is 9.14. The van der Waals surface area contributed by atoms with Crippen LogP contribution < -0.4 is 20.1 Å². The fraction of sp³-hybridized carbons (Fsp3) is 0.300. The van der Waals surface area contributed by atoms with Crippen molar-refractivity contribution in [1.82, 2.24) is 10.6 Å². The molecule has 0 unspecified atom stereocenters. The minimum atomic E-state index is -0.536. The summed E-state index contributed by atoms with van der Waals surface area (Å²) in [5.41, 5.74) is 0.202. The third-order valence-corrected chi connectivity index (χ3v) is 3.81. The lowest BCUT2D eigenvalue weighted by Crippen LogP contribution is -2.32. The summed E-state index contributed by atoms with van der Waals surface area (Å²) < 4.78 is 10.9. The number of benzene rings is 2. The number of carbonyl (C=O) groups excluding carboxylic acids is 2. The Morgan fingerprint density at radius 2 is 1.55 bits per heavy atom. The average Bonchev–Trinajstić information content (AvgIpc) is 2.72. The quantitative estimate of drug-likeness (QED) is 0.339. The number of nitrogens with one attached hydrogen (secondary N) is 2. The lowest BCUT2D eigenvalue weighted by Gasteiger charge is -2.09. The van der Waals surface area contributed by atoms with Gasteiger partial charge in [0.15, 0.2) is 0 Å². The molecule has 0 aliphatic heterocycles. The van der Waals surface area contributed by atoms with Crippen LogP contribution in [-0.4, -0.2) is 43.0 Å². The van der Waals surface area contributed by atoms with E-state index in [9.17, 15) is 19.7 Å². The maximum absolute atomic E-state index is 11.9. The minimum Gasteiger partial charge on any atom is -0.494 e. The van der Waals surface area contributed by atoms with Crippen molar-refractivity contribution in [3.8, 4) is 11.5 Å². The number of rotatable bonds is 11. The first-order valence-electron chi connectivity index (χ1n) is 9.14. The molecule has 0 saturated heterocycles. The van der Waals surface area contributed by atoms with Gasteiger partial charge in [-0.1, -0.05) is 0 Å². The number of nitro benzene ring substituents is 1. The standard InChI is InChI=1S/C20H23N3O6/c1-2-28-17-7-9-18(10-8-17)29-14-13-21-19(24)11-12-22-20(25)15-3-5-16(6-4-15)23(26)27/h3-10H,2,11-14H2,1H3,(H,21,24)(H,22,25). The Kier molecular flexibility index (Phi) is 8.43. The minimum absolute atomic E-state index is 0.0895. The maximum Gasteiger partial charge on any atom is 0.269 e. The first kappa shape index (κ1) is 21.7. The van der Waals surface area contributed by atoms with Gasteiger partial charge in [-0.3, -0.25) is 19.7 Å². The van der Waals surface area contributed by atoms with Gasteiger partial charge in [-0.15, -0.1) is 0 Å². The summed E-state index contributed by atoms with van der Waals surface area (Å²) in [7, 11) is 0. The normalized spacial score (nSPS) is 10.1. The van der Waals surface area contributed by atoms with Crippen molar-refractivity contribution in [3.05, 3.63) is 64.2 Å². The Labute approximate surface area is 168 Å². The second kappa shape index (κ2) is 11.3. The Hall–Kier alpha value is -3.62. The van der Waals surface area contributed by atoms with Gasteiger partial charge in [0.25, 0.3) is 11.6 Å². The molecular weight excluding hydrogens is 378 g/mol. The molecule has 9 heteroatoms. The summed E-state index contributed by atoms with van der Waals surface area (Å²) in [6.45, 7) is 3.31. The van der Waals surface area contributed by atoms with Crippen LogP contribution in [0.3, 0.4) is 0 Å². The van der Waals surface area contributed by atoms with Gasteiger partial charge in [0.2, 0.25) is 5.91 Å². The van der Waals surface area contributed by atoms with Gasteiger partial charge in [-0.25, -0.2) is 0 Å². The fourth-order valence-electron chi connectivity index (χ4n) is 2.37. The van der Waals surface area contributed by atoms with Crippen LogP contribution in [0, 0.1) is 10.1 Å². The molecule has 0 radical (unpaired) electrons. The Morgan fingerprint density at radius 3 is 2.14 bits per heavy atom. The van der Waals surface area contributed by atoms with Crippen LogP contribution in [0.15, 0.2) is 48.5 Å². The zero-order valence-corrected chi connectivity index (χ0v) is 16.1. The summed E-state index contributed by atoms with van der Waals surface area (Å²) in [5.74, 6) is 0.831. The molecule has 9 nitrogen and oxygen atoms in total. The molecular formula is C20H23N3O6. The summed E-state index contributed by atoms with van der Waals surface area (Å²) in [5, 5.41) is 15.9. The van der Waals surface area contributed by atoms with Gasteiger partial charge in [-0.2, -0.15) is 0 Å². The van der Waals surface area contributed by atoms with E-state index in [1.165, 1.54) is 24.3 Å². The molecule has 0 aromatic heterocycles. The van der Waals surface area contributed by atoms with E-state index in [-0.39, 0.29) is 24.6 Å². The second-order valence-electron chi connectivity index (χ2n) is 5.91.